The topological polar surface area (TPSA) is 118 Å². The second kappa shape index (κ2) is 7.80. The lowest BCUT2D eigenvalue weighted by Crippen LogP contribution is -2.16. The van der Waals surface area contributed by atoms with E-state index < -0.39 is 20.0 Å². The highest BCUT2D eigenvalue weighted by Crippen LogP contribution is 2.22. The van der Waals surface area contributed by atoms with Crippen molar-refractivity contribution >= 4 is 31.7 Å². The number of benzene rings is 2. The molecule has 1 heterocycles. The molecule has 152 valence electrons. The standard InChI is InChI=1S/C19H20N4O4S2/c1-13-4-9-18(14(2)12-13)29(26,27)22-16-5-7-17(8-6-16)28(24,25)23-19-20-11-10-15(3)21-19/h4-12,22H,1-3H3,(H,20,21,23). The monoisotopic (exact) mass is 432 g/mol. The largest absolute Gasteiger partial charge is 0.280 e. The maximum atomic E-state index is 12.6. The SMILES string of the molecule is Cc1ccc(S(=O)(=O)Nc2ccc(S(=O)(=O)Nc3nccc(C)n3)cc2)c(C)c1. The van der Waals surface area contributed by atoms with Gasteiger partial charge in [0.2, 0.25) is 5.95 Å². The third kappa shape index (κ3) is 4.90. The summed E-state index contributed by atoms with van der Waals surface area (Å²) < 4.78 is 55.0. The van der Waals surface area contributed by atoms with E-state index in [1.54, 1.807) is 32.0 Å². The molecule has 0 aliphatic rings. The van der Waals surface area contributed by atoms with Crippen LogP contribution in [-0.2, 0) is 20.0 Å². The molecule has 3 rings (SSSR count). The van der Waals surface area contributed by atoms with Crippen LogP contribution in [0.1, 0.15) is 16.8 Å². The van der Waals surface area contributed by atoms with Crippen molar-refractivity contribution in [2.24, 2.45) is 0 Å². The molecular formula is C19H20N4O4S2. The number of rotatable bonds is 6. The molecule has 0 aliphatic heterocycles. The minimum atomic E-state index is -3.91. The van der Waals surface area contributed by atoms with Crippen LogP contribution in [0.2, 0.25) is 0 Å². The normalized spacial score (nSPS) is 11.8. The van der Waals surface area contributed by atoms with Crippen LogP contribution in [0.5, 0.6) is 0 Å². The summed E-state index contributed by atoms with van der Waals surface area (Å²) in [5.41, 5.74) is 2.45. The summed E-state index contributed by atoms with van der Waals surface area (Å²) in [6.45, 7) is 5.32. The van der Waals surface area contributed by atoms with Gasteiger partial charge in [0.25, 0.3) is 20.0 Å². The molecule has 0 saturated carbocycles. The summed E-state index contributed by atoms with van der Waals surface area (Å²) in [5, 5.41) is 0. The fourth-order valence-corrected chi connectivity index (χ4v) is 4.93. The molecule has 29 heavy (non-hydrogen) atoms. The second-order valence-corrected chi connectivity index (χ2v) is 9.86. The van der Waals surface area contributed by atoms with Gasteiger partial charge in [-0.15, -0.1) is 0 Å². The van der Waals surface area contributed by atoms with Gasteiger partial charge in [0.15, 0.2) is 0 Å². The Morgan fingerprint density at radius 2 is 1.48 bits per heavy atom. The van der Waals surface area contributed by atoms with Gasteiger partial charge in [-0.05, 0) is 62.7 Å². The van der Waals surface area contributed by atoms with Gasteiger partial charge >= 0.3 is 0 Å². The Labute approximate surface area is 170 Å². The van der Waals surface area contributed by atoms with Crippen LogP contribution in [0.3, 0.4) is 0 Å². The van der Waals surface area contributed by atoms with Crippen molar-refractivity contribution in [1.29, 1.82) is 0 Å². The molecule has 3 aromatic rings. The Bertz CT molecular complexity index is 1260. The van der Waals surface area contributed by atoms with Crippen LogP contribution in [-0.4, -0.2) is 26.8 Å². The molecule has 1 aromatic heterocycles. The summed E-state index contributed by atoms with van der Waals surface area (Å²) in [7, 11) is -7.70. The van der Waals surface area contributed by atoms with Gasteiger partial charge in [0.1, 0.15) is 0 Å². The Hall–Kier alpha value is -2.98. The lowest BCUT2D eigenvalue weighted by molar-refractivity contribution is 0.599. The van der Waals surface area contributed by atoms with E-state index in [2.05, 4.69) is 19.4 Å². The zero-order chi connectivity index (χ0) is 21.2. The third-order valence-electron chi connectivity index (χ3n) is 4.06. The highest BCUT2D eigenvalue weighted by molar-refractivity contribution is 7.93. The van der Waals surface area contributed by atoms with Gasteiger partial charge in [0, 0.05) is 17.6 Å². The van der Waals surface area contributed by atoms with Crippen LogP contribution < -0.4 is 9.44 Å². The fourth-order valence-electron chi connectivity index (χ4n) is 2.69. The number of nitrogens with one attached hydrogen (secondary N) is 2. The maximum Gasteiger partial charge on any atom is 0.264 e. The molecule has 0 fully saturated rings. The van der Waals surface area contributed by atoms with Gasteiger partial charge < -0.3 is 0 Å². The Morgan fingerprint density at radius 3 is 2.10 bits per heavy atom. The lowest BCUT2D eigenvalue weighted by Gasteiger charge is -2.12. The number of aromatic nitrogens is 2. The molecule has 0 bridgehead atoms. The average molecular weight is 433 g/mol. The number of hydrogen-bond donors (Lipinski definition) is 2. The summed E-state index contributed by atoms with van der Waals surface area (Å²) in [6, 6.07) is 12.1. The second-order valence-electron chi connectivity index (χ2n) is 6.53. The molecule has 0 aliphatic carbocycles. The number of sulfonamides is 2. The van der Waals surface area contributed by atoms with Crippen LogP contribution in [0.25, 0.3) is 0 Å². The van der Waals surface area contributed by atoms with Gasteiger partial charge in [-0.25, -0.2) is 31.5 Å². The zero-order valence-electron chi connectivity index (χ0n) is 16.0. The Kier molecular flexibility index (Phi) is 5.58. The first-order valence-electron chi connectivity index (χ1n) is 8.59. The van der Waals surface area contributed by atoms with Crippen LogP contribution in [0, 0.1) is 20.8 Å². The molecule has 0 unspecified atom stereocenters. The smallest absolute Gasteiger partial charge is 0.264 e. The fraction of sp³-hybridized carbons (Fsp3) is 0.158. The molecule has 10 heteroatoms. The van der Waals surface area contributed by atoms with Gasteiger partial charge in [-0.2, -0.15) is 0 Å². The van der Waals surface area contributed by atoms with Gasteiger partial charge in [-0.1, -0.05) is 17.7 Å². The van der Waals surface area contributed by atoms with E-state index in [9.17, 15) is 16.8 Å². The van der Waals surface area contributed by atoms with Crippen LogP contribution in [0.4, 0.5) is 11.6 Å². The van der Waals surface area contributed by atoms with E-state index in [0.29, 0.717) is 11.3 Å². The van der Waals surface area contributed by atoms with Crippen molar-refractivity contribution in [1.82, 2.24) is 9.97 Å². The summed E-state index contributed by atoms with van der Waals surface area (Å²) in [6.07, 6.45) is 1.45. The molecule has 0 atom stereocenters. The van der Waals surface area contributed by atoms with Crippen LogP contribution >= 0.6 is 0 Å². The highest BCUT2D eigenvalue weighted by Gasteiger charge is 2.19. The van der Waals surface area contributed by atoms with E-state index in [1.807, 2.05) is 6.92 Å². The number of nitrogens with zero attached hydrogens (tertiary/aromatic N) is 2. The van der Waals surface area contributed by atoms with E-state index in [0.717, 1.165) is 5.56 Å². The molecule has 8 nitrogen and oxygen atoms in total. The van der Waals surface area contributed by atoms with E-state index in [1.165, 1.54) is 36.5 Å². The predicted octanol–water partition coefficient (Wildman–Crippen LogP) is 3.00. The first-order valence-corrected chi connectivity index (χ1v) is 11.6. The summed E-state index contributed by atoms with van der Waals surface area (Å²) in [4.78, 5) is 8.00. The van der Waals surface area contributed by atoms with Crippen molar-refractivity contribution in [3.8, 4) is 0 Å². The zero-order valence-corrected chi connectivity index (χ0v) is 17.7. The lowest BCUT2D eigenvalue weighted by atomic mass is 10.2. The molecule has 2 aromatic carbocycles. The first kappa shape index (κ1) is 20.7. The quantitative estimate of drug-likeness (QED) is 0.618. The molecule has 0 amide bonds. The Balaban J connectivity index is 1.81. The predicted molar refractivity (Wildman–Crippen MR) is 111 cm³/mol. The molecule has 0 spiro atoms. The van der Waals surface area contributed by atoms with Crippen molar-refractivity contribution in [2.45, 2.75) is 30.6 Å². The highest BCUT2D eigenvalue weighted by atomic mass is 32.2. The van der Waals surface area contributed by atoms with Crippen molar-refractivity contribution < 1.29 is 16.8 Å². The maximum absolute atomic E-state index is 12.6. The molecule has 0 radical (unpaired) electrons. The van der Waals surface area contributed by atoms with Crippen LogP contribution in [0.15, 0.2) is 64.5 Å². The number of hydrogen-bond acceptors (Lipinski definition) is 6. The first-order chi connectivity index (χ1) is 13.6. The van der Waals surface area contributed by atoms with Gasteiger partial charge in [0.05, 0.1) is 9.79 Å². The minimum Gasteiger partial charge on any atom is -0.280 e. The van der Waals surface area contributed by atoms with E-state index in [-0.39, 0.29) is 21.4 Å². The number of aryl methyl sites for hydroxylation is 3. The van der Waals surface area contributed by atoms with Crippen molar-refractivity contribution in [3.63, 3.8) is 0 Å². The van der Waals surface area contributed by atoms with Crippen molar-refractivity contribution in [3.05, 3.63) is 71.5 Å². The minimum absolute atomic E-state index is 0.0374. The van der Waals surface area contributed by atoms with Gasteiger partial charge in [-0.3, -0.25) is 4.72 Å². The van der Waals surface area contributed by atoms with Crippen molar-refractivity contribution in [2.75, 3.05) is 9.44 Å². The molecule has 2 N–H and O–H groups in total. The van der Waals surface area contributed by atoms with E-state index >= 15 is 0 Å². The molecular weight excluding hydrogens is 412 g/mol. The summed E-state index contributed by atoms with van der Waals surface area (Å²) in [5.74, 6) is -0.0374. The van der Waals surface area contributed by atoms with E-state index in [4.69, 9.17) is 0 Å². The average Bonchev–Trinajstić information content (AvgIpc) is 2.61. The molecule has 0 saturated heterocycles. The number of anilines is 2. The Morgan fingerprint density at radius 1 is 0.793 bits per heavy atom. The summed E-state index contributed by atoms with van der Waals surface area (Å²) >= 11 is 0. The third-order valence-corrected chi connectivity index (χ3v) is 6.94.